The highest BCUT2D eigenvalue weighted by Gasteiger charge is 2.26. The van der Waals surface area contributed by atoms with Gasteiger partial charge in [0.15, 0.2) is 0 Å². The molecule has 0 unspecified atom stereocenters. The van der Waals surface area contributed by atoms with Gasteiger partial charge in [-0.05, 0) is 59.4 Å². The van der Waals surface area contributed by atoms with E-state index >= 15 is 0 Å². The molecule has 158 valence electrons. The first-order valence-corrected chi connectivity index (χ1v) is 10.4. The van der Waals surface area contributed by atoms with Crippen LogP contribution in [-0.2, 0) is 26.3 Å². The minimum atomic E-state index is -0.00337. The van der Waals surface area contributed by atoms with Gasteiger partial charge in [-0.15, -0.1) is 0 Å². The summed E-state index contributed by atoms with van der Waals surface area (Å²) in [6.07, 6.45) is 0. The van der Waals surface area contributed by atoms with Gasteiger partial charge in [-0.2, -0.15) is 0 Å². The zero-order valence-electron chi connectivity index (χ0n) is 18.0. The zero-order chi connectivity index (χ0) is 22.0. The van der Waals surface area contributed by atoms with E-state index in [-0.39, 0.29) is 12.5 Å². The Kier molecular flexibility index (Phi) is 5.92. The number of hydrogen-bond donors (Lipinski definition) is 1. The summed E-state index contributed by atoms with van der Waals surface area (Å²) in [5.41, 5.74) is 7.44. The molecule has 0 bridgehead atoms. The number of aliphatic hydroxyl groups is 1. The molecule has 0 saturated heterocycles. The number of benzene rings is 3. The number of fused-ring (bicyclic) bond motifs is 1. The Hall–Kier alpha value is -3.37. The maximum absolute atomic E-state index is 13.4. The molecular formula is C27H27NO3. The largest absolute Gasteiger partial charge is 0.488 e. The van der Waals surface area contributed by atoms with Crippen LogP contribution in [0.3, 0.4) is 0 Å². The highest BCUT2D eigenvalue weighted by atomic mass is 16.5. The lowest BCUT2D eigenvalue weighted by atomic mass is 9.99. The first kappa shape index (κ1) is 20.9. The number of ether oxygens (including phenoxy) is 1. The first-order valence-electron chi connectivity index (χ1n) is 10.4. The lowest BCUT2D eigenvalue weighted by molar-refractivity contribution is 0.0750. The summed E-state index contributed by atoms with van der Waals surface area (Å²) in [7, 11) is 0. The molecule has 4 rings (SSSR count). The Bertz CT molecular complexity index is 1130. The Morgan fingerprint density at radius 3 is 2.45 bits per heavy atom. The van der Waals surface area contributed by atoms with Crippen LogP contribution in [0.25, 0.3) is 5.57 Å². The number of carbonyl (C=O) groups excluding carboxylic acids is 1. The molecule has 0 radical (unpaired) electrons. The maximum Gasteiger partial charge on any atom is 0.254 e. The molecule has 31 heavy (non-hydrogen) atoms. The van der Waals surface area contributed by atoms with E-state index in [1.165, 1.54) is 0 Å². The predicted octanol–water partition coefficient (Wildman–Crippen LogP) is 5.26. The Labute approximate surface area is 183 Å². The molecule has 1 aliphatic rings. The van der Waals surface area contributed by atoms with E-state index in [1.54, 1.807) is 0 Å². The van der Waals surface area contributed by atoms with Gasteiger partial charge in [-0.1, -0.05) is 55.1 Å². The second kappa shape index (κ2) is 8.78. The minimum Gasteiger partial charge on any atom is -0.488 e. The average Bonchev–Trinajstić information content (AvgIpc) is 3.21. The van der Waals surface area contributed by atoms with E-state index in [0.717, 1.165) is 44.7 Å². The van der Waals surface area contributed by atoms with Crippen molar-refractivity contribution in [3.8, 4) is 5.75 Å². The number of allylic oxidation sites excluding steroid dienone is 1. The third kappa shape index (κ3) is 4.39. The molecule has 1 heterocycles. The van der Waals surface area contributed by atoms with Gasteiger partial charge < -0.3 is 14.7 Å². The second-order valence-corrected chi connectivity index (χ2v) is 8.14. The molecule has 0 atom stereocenters. The molecule has 3 aromatic carbocycles. The second-order valence-electron chi connectivity index (χ2n) is 8.14. The van der Waals surface area contributed by atoms with Crippen molar-refractivity contribution < 1.29 is 14.6 Å². The standard InChI is InChI=1S/C27H27NO3/c1-18(2)24-13-25(19(3)11-26(24)31-17-20-7-5-4-6-8-20)27(30)28-14-22-10-9-21(16-29)12-23(22)15-28/h4-13,29H,1,14-17H2,2-3H3. The summed E-state index contributed by atoms with van der Waals surface area (Å²) in [6, 6.07) is 19.7. The van der Waals surface area contributed by atoms with Crippen molar-refractivity contribution in [1.29, 1.82) is 0 Å². The van der Waals surface area contributed by atoms with Gasteiger partial charge in [0.25, 0.3) is 5.91 Å². The van der Waals surface area contributed by atoms with Crippen molar-refractivity contribution in [2.45, 2.75) is 40.2 Å². The molecule has 4 heteroatoms. The maximum atomic E-state index is 13.4. The third-order valence-electron chi connectivity index (χ3n) is 5.72. The average molecular weight is 414 g/mol. The van der Waals surface area contributed by atoms with E-state index < -0.39 is 0 Å². The van der Waals surface area contributed by atoms with Gasteiger partial charge in [-0.3, -0.25) is 4.79 Å². The van der Waals surface area contributed by atoms with Crippen LogP contribution in [-0.4, -0.2) is 15.9 Å². The number of aliphatic hydroxyl groups excluding tert-OH is 1. The molecule has 0 spiro atoms. The van der Waals surface area contributed by atoms with Crippen LogP contribution in [0.15, 0.2) is 67.2 Å². The van der Waals surface area contributed by atoms with Gasteiger partial charge in [0.05, 0.1) is 6.61 Å². The smallest absolute Gasteiger partial charge is 0.254 e. The lowest BCUT2D eigenvalue weighted by Gasteiger charge is -2.20. The summed E-state index contributed by atoms with van der Waals surface area (Å²) >= 11 is 0. The molecular weight excluding hydrogens is 386 g/mol. The summed E-state index contributed by atoms with van der Waals surface area (Å²) in [4.78, 5) is 15.2. The van der Waals surface area contributed by atoms with Crippen LogP contribution in [0.5, 0.6) is 5.75 Å². The first-order chi connectivity index (χ1) is 15.0. The van der Waals surface area contributed by atoms with E-state index in [0.29, 0.717) is 25.3 Å². The van der Waals surface area contributed by atoms with E-state index in [4.69, 9.17) is 4.74 Å². The van der Waals surface area contributed by atoms with Crippen molar-refractivity contribution >= 4 is 11.5 Å². The predicted molar refractivity (Wildman–Crippen MR) is 123 cm³/mol. The van der Waals surface area contributed by atoms with E-state index in [9.17, 15) is 9.90 Å². The van der Waals surface area contributed by atoms with Crippen LogP contribution < -0.4 is 4.74 Å². The van der Waals surface area contributed by atoms with Gasteiger partial charge in [0.2, 0.25) is 0 Å². The number of carbonyl (C=O) groups is 1. The Morgan fingerprint density at radius 1 is 1.00 bits per heavy atom. The fourth-order valence-electron chi connectivity index (χ4n) is 3.96. The van der Waals surface area contributed by atoms with Crippen LogP contribution in [0.4, 0.5) is 0 Å². The normalized spacial score (nSPS) is 12.5. The van der Waals surface area contributed by atoms with Gasteiger partial charge in [0, 0.05) is 24.2 Å². The molecule has 3 aromatic rings. The highest BCUT2D eigenvalue weighted by molar-refractivity contribution is 5.97. The van der Waals surface area contributed by atoms with Crippen LogP contribution in [0.2, 0.25) is 0 Å². The molecule has 0 aromatic heterocycles. The van der Waals surface area contributed by atoms with Crippen molar-refractivity contribution in [2.75, 3.05) is 0 Å². The number of rotatable bonds is 6. The SMILES string of the molecule is C=C(C)c1cc(C(=O)N2Cc3ccc(CO)cc3C2)c(C)cc1OCc1ccccc1. The number of amides is 1. The van der Waals surface area contributed by atoms with Crippen molar-refractivity contribution in [2.24, 2.45) is 0 Å². The molecule has 1 amide bonds. The van der Waals surface area contributed by atoms with Crippen LogP contribution >= 0.6 is 0 Å². The van der Waals surface area contributed by atoms with Crippen LogP contribution in [0, 0.1) is 6.92 Å². The van der Waals surface area contributed by atoms with Crippen LogP contribution in [0.1, 0.15) is 50.7 Å². The summed E-state index contributed by atoms with van der Waals surface area (Å²) in [6.45, 7) is 9.56. The molecule has 0 fully saturated rings. The molecule has 1 N–H and O–H groups in total. The number of hydrogen-bond acceptors (Lipinski definition) is 3. The quantitative estimate of drug-likeness (QED) is 0.600. The van der Waals surface area contributed by atoms with E-state index in [1.807, 2.05) is 79.4 Å². The Balaban J connectivity index is 1.58. The summed E-state index contributed by atoms with van der Waals surface area (Å²) in [5, 5.41) is 9.38. The topological polar surface area (TPSA) is 49.8 Å². The van der Waals surface area contributed by atoms with Gasteiger partial charge in [-0.25, -0.2) is 0 Å². The van der Waals surface area contributed by atoms with Gasteiger partial charge >= 0.3 is 0 Å². The molecule has 4 nitrogen and oxygen atoms in total. The Morgan fingerprint density at radius 2 is 1.74 bits per heavy atom. The molecule has 1 aliphatic heterocycles. The molecule has 0 aliphatic carbocycles. The van der Waals surface area contributed by atoms with Crippen molar-refractivity contribution in [3.05, 3.63) is 106 Å². The fourth-order valence-corrected chi connectivity index (χ4v) is 3.96. The highest BCUT2D eigenvalue weighted by Crippen LogP contribution is 2.32. The van der Waals surface area contributed by atoms with E-state index in [2.05, 4.69) is 6.58 Å². The summed E-state index contributed by atoms with van der Waals surface area (Å²) in [5.74, 6) is 0.735. The lowest BCUT2D eigenvalue weighted by Crippen LogP contribution is -2.26. The summed E-state index contributed by atoms with van der Waals surface area (Å²) < 4.78 is 6.09. The zero-order valence-corrected chi connectivity index (χ0v) is 18.0. The van der Waals surface area contributed by atoms with Crippen molar-refractivity contribution in [3.63, 3.8) is 0 Å². The molecule has 0 saturated carbocycles. The fraction of sp³-hybridized carbons (Fsp3) is 0.222. The number of aryl methyl sites for hydroxylation is 1. The minimum absolute atomic E-state index is 0.00337. The monoisotopic (exact) mass is 413 g/mol. The third-order valence-corrected chi connectivity index (χ3v) is 5.72. The van der Waals surface area contributed by atoms with Crippen molar-refractivity contribution in [1.82, 2.24) is 4.90 Å². The van der Waals surface area contributed by atoms with Gasteiger partial charge in [0.1, 0.15) is 12.4 Å². The number of nitrogens with zero attached hydrogens (tertiary/aromatic N) is 1.